The van der Waals surface area contributed by atoms with Gasteiger partial charge in [-0.05, 0) is 44.9 Å². The molecule has 1 aromatic rings. The van der Waals surface area contributed by atoms with Crippen molar-refractivity contribution < 1.29 is 13.9 Å². The largest absolute Gasteiger partial charge is 0.463 e. The normalized spacial score (nSPS) is 11.0. The molecule has 136 valence electrons. The molecule has 0 unspecified atom stereocenters. The van der Waals surface area contributed by atoms with Gasteiger partial charge in [0.25, 0.3) is 0 Å². The first-order valence-electron chi connectivity index (χ1n) is 7.89. The molecule has 1 rings (SSSR count). The highest BCUT2D eigenvalue weighted by Gasteiger charge is 2.06. The van der Waals surface area contributed by atoms with E-state index in [1.54, 1.807) is 19.1 Å². The topological polar surface area (TPSA) is 62.7 Å². The lowest BCUT2D eigenvalue weighted by Crippen LogP contribution is -2.38. The van der Waals surface area contributed by atoms with E-state index in [1.165, 1.54) is 6.07 Å². The van der Waals surface area contributed by atoms with Gasteiger partial charge in [0.15, 0.2) is 5.96 Å². The van der Waals surface area contributed by atoms with Gasteiger partial charge in [-0.15, -0.1) is 24.0 Å². The van der Waals surface area contributed by atoms with Crippen molar-refractivity contribution in [1.82, 2.24) is 10.6 Å². The summed E-state index contributed by atoms with van der Waals surface area (Å²) in [6.45, 7) is 8.93. The van der Waals surface area contributed by atoms with Crippen LogP contribution in [0, 0.1) is 12.7 Å². The van der Waals surface area contributed by atoms with Gasteiger partial charge in [0.05, 0.1) is 19.1 Å². The second-order valence-electron chi connectivity index (χ2n) is 5.49. The molecule has 0 amide bonds. The molecule has 0 aliphatic heterocycles. The van der Waals surface area contributed by atoms with E-state index in [-0.39, 0.29) is 48.3 Å². The summed E-state index contributed by atoms with van der Waals surface area (Å²) in [6.07, 6.45) is 0.171. The second-order valence-corrected chi connectivity index (χ2v) is 5.49. The summed E-state index contributed by atoms with van der Waals surface area (Å²) >= 11 is 0. The summed E-state index contributed by atoms with van der Waals surface area (Å²) in [4.78, 5) is 15.9. The van der Waals surface area contributed by atoms with Gasteiger partial charge in [-0.1, -0.05) is 12.1 Å². The fourth-order valence-corrected chi connectivity index (χ4v) is 1.92. The molecule has 24 heavy (non-hydrogen) atoms. The Labute approximate surface area is 160 Å². The third kappa shape index (κ3) is 9.05. The molecule has 7 heteroatoms. The van der Waals surface area contributed by atoms with E-state index in [0.29, 0.717) is 31.2 Å². The van der Waals surface area contributed by atoms with Crippen molar-refractivity contribution in [1.29, 1.82) is 0 Å². The molecule has 0 radical (unpaired) electrons. The number of aliphatic imine (C=N–C) groups is 1. The third-order valence-corrected chi connectivity index (χ3v) is 2.98. The lowest BCUT2D eigenvalue weighted by Gasteiger charge is -2.12. The van der Waals surface area contributed by atoms with Gasteiger partial charge in [0.1, 0.15) is 5.82 Å². The highest BCUT2D eigenvalue weighted by Crippen LogP contribution is 2.09. The molecule has 5 nitrogen and oxygen atoms in total. The van der Waals surface area contributed by atoms with Crippen LogP contribution >= 0.6 is 24.0 Å². The molecule has 0 aliphatic carbocycles. The van der Waals surface area contributed by atoms with Crippen molar-refractivity contribution in [3.05, 3.63) is 35.1 Å². The SMILES string of the molecule is CCNC(=NCc1ccc(F)c(C)c1)NCCC(=O)OC(C)C.I. The molecule has 0 fully saturated rings. The molecule has 0 spiro atoms. The Morgan fingerprint density at radius 2 is 2.04 bits per heavy atom. The number of guanidine groups is 1. The van der Waals surface area contributed by atoms with Crippen molar-refractivity contribution in [2.24, 2.45) is 4.99 Å². The monoisotopic (exact) mass is 451 g/mol. The van der Waals surface area contributed by atoms with Gasteiger partial charge in [0.2, 0.25) is 0 Å². The van der Waals surface area contributed by atoms with Crippen LogP contribution in [0.3, 0.4) is 0 Å². The zero-order valence-electron chi connectivity index (χ0n) is 14.7. The molecule has 1 aromatic carbocycles. The number of nitrogens with one attached hydrogen (secondary N) is 2. The zero-order valence-corrected chi connectivity index (χ0v) is 17.0. The average Bonchev–Trinajstić information content (AvgIpc) is 2.47. The summed E-state index contributed by atoms with van der Waals surface area (Å²) in [5.74, 6) is 0.163. The Kier molecular flexibility index (Phi) is 11.4. The van der Waals surface area contributed by atoms with E-state index in [2.05, 4.69) is 15.6 Å². The van der Waals surface area contributed by atoms with Gasteiger partial charge in [-0.3, -0.25) is 4.79 Å². The van der Waals surface area contributed by atoms with Crippen molar-refractivity contribution in [3.63, 3.8) is 0 Å². The van der Waals surface area contributed by atoms with Crippen LogP contribution in [-0.4, -0.2) is 31.1 Å². The van der Waals surface area contributed by atoms with Gasteiger partial charge in [0, 0.05) is 13.1 Å². The smallest absolute Gasteiger partial charge is 0.307 e. The van der Waals surface area contributed by atoms with Crippen LogP contribution < -0.4 is 10.6 Å². The van der Waals surface area contributed by atoms with Crippen LogP contribution in [0.5, 0.6) is 0 Å². The minimum Gasteiger partial charge on any atom is -0.463 e. The fraction of sp³-hybridized carbons (Fsp3) is 0.529. The molecule has 0 atom stereocenters. The molecular weight excluding hydrogens is 424 g/mol. The molecule has 0 aliphatic rings. The predicted octanol–water partition coefficient (Wildman–Crippen LogP) is 3.15. The highest BCUT2D eigenvalue weighted by atomic mass is 127. The van der Waals surface area contributed by atoms with Crippen molar-refractivity contribution in [2.75, 3.05) is 13.1 Å². The maximum atomic E-state index is 13.2. The van der Waals surface area contributed by atoms with Crippen LogP contribution in [0.25, 0.3) is 0 Å². The molecule has 0 aromatic heterocycles. The van der Waals surface area contributed by atoms with E-state index in [0.717, 1.165) is 5.56 Å². The summed E-state index contributed by atoms with van der Waals surface area (Å²) in [7, 11) is 0. The summed E-state index contributed by atoms with van der Waals surface area (Å²) < 4.78 is 18.3. The summed E-state index contributed by atoms with van der Waals surface area (Å²) in [6, 6.07) is 4.94. The quantitative estimate of drug-likeness (QED) is 0.290. The van der Waals surface area contributed by atoms with Gasteiger partial charge in [-0.2, -0.15) is 0 Å². The lowest BCUT2D eigenvalue weighted by atomic mass is 10.1. The van der Waals surface area contributed by atoms with Crippen LogP contribution in [0.2, 0.25) is 0 Å². The standard InChI is InChI=1S/C17H26FN3O2.HI/c1-5-19-17(20-9-8-16(22)23-12(2)3)21-11-14-6-7-15(18)13(4)10-14;/h6-7,10,12H,5,8-9,11H2,1-4H3,(H2,19,20,21);1H. The Hall–Kier alpha value is -1.38. The van der Waals surface area contributed by atoms with Gasteiger partial charge >= 0.3 is 5.97 Å². The van der Waals surface area contributed by atoms with Gasteiger partial charge < -0.3 is 15.4 Å². The fourth-order valence-electron chi connectivity index (χ4n) is 1.92. The second kappa shape index (κ2) is 12.0. The average molecular weight is 451 g/mol. The number of aryl methyl sites for hydroxylation is 1. The molecular formula is C17H27FIN3O2. The number of carbonyl (C=O) groups is 1. The van der Waals surface area contributed by atoms with Crippen molar-refractivity contribution in [2.45, 2.75) is 46.8 Å². The Morgan fingerprint density at radius 1 is 1.33 bits per heavy atom. The first-order chi connectivity index (χ1) is 10.9. The first kappa shape index (κ1) is 22.6. The number of halogens is 2. The Morgan fingerprint density at radius 3 is 2.62 bits per heavy atom. The first-order valence-corrected chi connectivity index (χ1v) is 7.89. The van der Waals surface area contributed by atoms with Gasteiger partial charge in [-0.25, -0.2) is 9.38 Å². The summed E-state index contributed by atoms with van der Waals surface area (Å²) in [5, 5.41) is 6.19. The lowest BCUT2D eigenvalue weighted by molar-refractivity contribution is -0.147. The number of rotatable bonds is 7. The van der Waals surface area contributed by atoms with Crippen molar-refractivity contribution in [3.8, 4) is 0 Å². The number of esters is 1. The molecule has 2 N–H and O–H groups in total. The van der Waals surface area contributed by atoms with E-state index in [9.17, 15) is 9.18 Å². The van der Waals surface area contributed by atoms with Crippen LogP contribution in [0.1, 0.15) is 38.3 Å². The van der Waals surface area contributed by atoms with E-state index in [4.69, 9.17) is 4.74 Å². The highest BCUT2D eigenvalue weighted by molar-refractivity contribution is 14.0. The maximum Gasteiger partial charge on any atom is 0.307 e. The van der Waals surface area contributed by atoms with E-state index >= 15 is 0 Å². The minimum absolute atomic E-state index is 0. The molecule has 0 saturated heterocycles. The minimum atomic E-state index is -0.238. The van der Waals surface area contributed by atoms with Crippen LogP contribution in [-0.2, 0) is 16.1 Å². The predicted molar refractivity (Wildman–Crippen MR) is 105 cm³/mol. The van der Waals surface area contributed by atoms with Crippen LogP contribution in [0.4, 0.5) is 4.39 Å². The number of hydrogen-bond donors (Lipinski definition) is 2. The number of hydrogen-bond acceptors (Lipinski definition) is 3. The van der Waals surface area contributed by atoms with Crippen molar-refractivity contribution >= 4 is 35.9 Å². The van der Waals surface area contributed by atoms with E-state index in [1.807, 2.05) is 20.8 Å². The van der Waals surface area contributed by atoms with Crippen LogP contribution in [0.15, 0.2) is 23.2 Å². The summed E-state index contributed by atoms with van der Waals surface area (Å²) in [5.41, 5.74) is 1.53. The number of nitrogens with zero attached hydrogens (tertiary/aromatic N) is 1. The Balaban J connectivity index is 0.00000529. The molecule has 0 saturated carbocycles. The third-order valence-electron chi connectivity index (χ3n) is 2.98. The molecule has 0 bridgehead atoms. The number of carbonyl (C=O) groups excluding carboxylic acids is 1. The molecule has 0 heterocycles. The number of ether oxygens (including phenoxy) is 1. The number of benzene rings is 1. The zero-order chi connectivity index (χ0) is 17.2. The maximum absolute atomic E-state index is 13.2. The van der Waals surface area contributed by atoms with E-state index < -0.39 is 0 Å². The Bertz CT molecular complexity index is 551.